The Hall–Kier alpha value is -3.11. The highest BCUT2D eigenvalue weighted by Crippen LogP contribution is 2.19. The van der Waals surface area contributed by atoms with Crippen LogP contribution in [-0.2, 0) is 29.0 Å². The van der Waals surface area contributed by atoms with Gasteiger partial charge in [0.25, 0.3) is 0 Å². The first kappa shape index (κ1) is 24.5. The maximum Gasteiger partial charge on any atom is 0.243 e. The molecule has 33 heavy (non-hydrogen) atoms. The maximum absolute atomic E-state index is 13.6. The van der Waals surface area contributed by atoms with E-state index in [1.165, 1.54) is 0 Å². The smallest absolute Gasteiger partial charge is 0.243 e. The average molecular weight is 463 g/mol. The number of rotatable bonds is 10. The van der Waals surface area contributed by atoms with E-state index in [1.54, 1.807) is 11.0 Å². The number of carbonyl (C=O) groups is 2. The maximum atomic E-state index is 13.6. The van der Waals surface area contributed by atoms with Gasteiger partial charge in [-0.3, -0.25) is 9.59 Å². The van der Waals surface area contributed by atoms with Gasteiger partial charge in [-0.05, 0) is 42.2 Å². The Morgan fingerprint density at radius 2 is 1.48 bits per heavy atom. The van der Waals surface area contributed by atoms with E-state index in [0.717, 1.165) is 23.1 Å². The number of nitrogens with zero attached hydrogens (tertiary/aromatic N) is 1. The molecule has 0 aliphatic carbocycles. The van der Waals surface area contributed by atoms with Gasteiger partial charge in [-0.1, -0.05) is 91.3 Å². The molecule has 4 nitrogen and oxygen atoms in total. The van der Waals surface area contributed by atoms with E-state index in [4.69, 9.17) is 11.6 Å². The van der Waals surface area contributed by atoms with Crippen molar-refractivity contribution in [3.8, 4) is 0 Å². The summed E-state index contributed by atoms with van der Waals surface area (Å²) in [6, 6.07) is 26.3. The molecule has 172 valence electrons. The Kier molecular flexibility index (Phi) is 9.08. The van der Waals surface area contributed by atoms with Gasteiger partial charge in [-0.25, -0.2) is 0 Å². The summed E-state index contributed by atoms with van der Waals surface area (Å²) in [5.41, 5.74) is 2.81. The molecule has 3 aromatic carbocycles. The minimum Gasteiger partial charge on any atom is -0.352 e. The Labute approximate surface area is 201 Å². The molecule has 3 aromatic rings. The summed E-state index contributed by atoms with van der Waals surface area (Å²) in [5, 5.41) is 3.69. The molecular formula is C28H31ClN2O2. The minimum absolute atomic E-state index is 0.0213. The summed E-state index contributed by atoms with van der Waals surface area (Å²) in [6.45, 7) is 4.31. The van der Waals surface area contributed by atoms with Crippen LogP contribution in [-0.4, -0.2) is 28.8 Å². The number of halogens is 1. The van der Waals surface area contributed by atoms with Crippen LogP contribution >= 0.6 is 11.6 Å². The fourth-order valence-electron chi connectivity index (χ4n) is 3.70. The van der Waals surface area contributed by atoms with Gasteiger partial charge in [0, 0.05) is 24.0 Å². The second-order valence-corrected chi connectivity index (χ2v) is 8.77. The van der Waals surface area contributed by atoms with Gasteiger partial charge in [0.1, 0.15) is 6.04 Å². The van der Waals surface area contributed by atoms with Crippen molar-refractivity contribution in [1.29, 1.82) is 0 Å². The van der Waals surface area contributed by atoms with Crippen LogP contribution in [0.4, 0.5) is 0 Å². The molecule has 0 heterocycles. The van der Waals surface area contributed by atoms with Gasteiger partial charge >= 0.3 is 0 Å². The highest BCUT2D eigenvalue weighted by atomic mass is 35.5. The Morgan fingerprint density at radius 1 is 0.879 bits per heavy atom. The topological polar surface area (TPSA) is 49.4 Å². The van der Waals surface area contributed by atoms with Crippen molar-refractivity contribution < 1.29 is 9.59 Å². The van der Waals surface area contributed by atoms with Crippen LogP contribution in [0.5, 0.6) is 0 Å². The summed E-state index contributed by atoms with van der Waals surface area (Å²) >= 11 is 6.21. The molecule has 0 unspecified atom stereocenters. The van der Waals surface area contributed by atoms with Crippen molar-refractivity contribution in [1.82, 2.24) is 10.2 Å². The molecule has 1 N–H and O–H groups in total. The van der Waals surface area contributed by atoms with E-state index in [0.29, 0.717) is 18.0 Å². The minimum atomic E-state index is -0.642. The van der Waals surface area contributed by atoms with Crippen LogP contribution in [0.3, 0.4) is 0 Å². The molecule has 0 aliphatic heterocycles. The zero-order chi connectivity index (χ0) is 23.6. The van der Waals surface area contributed by atoms with Gasteiger partial charge in [0.15, 0.2) is 0 Å². The fourth-order valence-corrected chi connectivity index (χ4v) is 3.91. The first-order chi connectivity index (χ1) is 16.0. The highest BCUT2D eigenvalue weighted by molar-refractivity contribution is 6.30. The van der Waals surface area contributed by atoms with Gasteiger partial charge in [0.2, 0.25) is 11.8 Å². The second kappa shape index (κ2) is 12.2. The van der Waals surface area contributed by atoms with Crippen molar-refractivity contribution >= 4 is 23.4 Å². The lowest BCUT2D eigenvalue weighted by Crippen LogP contribution is -2.52. The average Bonchev–Trinajstić information content (AvgIpc) is 2.82. The van der Waals surface area contributed by atoms with Gasteiger partial charge in [0.05, 0.1) is 6.42 Å². The predicted molar refractivity (Wildman–Crippen MR) is 134 cm³/mol. The van der Waals surface area contributed by atoms with Gasteiger partial charge in [-0.2, -0.15) is 0 Å². The molecular weight excluding hydrogens is 432 g/mol. The van der Waals surface area contributed by atoms with Crippen molar-refractivity contribution in [2.24, 2.45) is 0 Å². The molecule has 0 radical (unpaired) electrons. The Bertz CT molecular complexity index is 1040. The van der Waals surface area contributed by atoms with E-state index in [-0.39, 0.29) is 24.3 Å². The normalized spacial score (nSPS) is 12.6. The first-order valence-corrected chi connectivity index (χ1v) is 11.8. The predicted octanol–water partition coefficient (Wildman–Crippen LogP) is 5.44. The number of hydrogen-bond donors (Lipinski definition) is 1. The van der Waals surface area contributed by atoms with Crippen LogP contribution in [0, 0.1) is 0 Å². The quantitative estimate of drug-likeness (QED) is 0.436. The number of benzene rings is 3. The largest absolute Gasteiger partial charge is 0.352 e. The summed E-state index contributed by atoms with van der Waals surface area (Å²) in [4.78, 5) is 28.7. The number of amides is 2. The molecule has 2 amide bonds. The molecule has 5 heteroatoms. The van der Waals surface area contributed by atoms with Crippen molar-refractivity contribution in [3.63, 3.8) is 0 Å². The third-order valence-corrected chi connectivity index (χ3v) is 5.95. The molecule has 0 fully saturated rings. The molecule has 0 bridgehead atoms. The highest BCUT2D eigenvalue weighted by Gasteiger charge is 2.31. The molecule has 0 spiro atoms. The zero-order valence-corrected chi connectivity index (χ0v) is 20.0. The number of carbonyl (C=O) groups excluding carboxylic acids is 2. The number of nitrogens with one attached hydrogen (secondary N) is 1. The van der Waals surface area contributed by atoms with E-state index in [1.807, 2.05) is 92.7 Å². The van der Waals surface area contributed by atoms with Gasteiger partial charge in [-0.15, -0.1) is 0 Å². The van der Waals surface area contributed by atoms with Crippen molar-refractivity contribution in [3.05, 3.63) is 107 Å². The molecule has 0 saturated heterocycles. The first-order valence-electron chi connectivity index (χ1n) is 11.4. The van der Waals surface area contributed by atoms with Crippen molar-refractivity contribution in [2.45, 2.75) is 51.7 Å². The third kappa shape index (κ3) is 7.47. The van der Waals surface area contributed by atoms with Crippen LogP contribution in [0.1, 0.15) is 37.0 Å². The summed E-state index contributed by atoms with van der Waals surface area (Å²) < 4.78 is 0. The summed E-state index contributed by atoms with van der Waals surface area (Å²) in [6.07, 6.45) is 1.48. The van der Waals surface area contributed by atoms with Crippen LogP contribution in [0.2, 0.25) is 5.02 Å². The second-order valence-electron chi connectivity index (χ2n) is 8.34. The standard InChI is InChI=1S/C28H31ClN2O2/c1-3-21(2)30-28(33)26(18-22-11-6-4-7-12-22)31(20-24-15-10-16-25(29)17-24)27(32)19-23-13-8-5-9-14-23/h4-17,21,26H,3,18-20H2,1-2H3,(H,30,33)/t21-,26-/m0/s1. The third-order valence-electron chi connectivity index (χ3n) is 5.71. The van der Waals surface area contributed by atoms with Crippen LogP contribution < -0.4 is 5.32 Å². The number of hydrogen-bond acceptors (Lipinski definition) is 2. The van der Waals surface area contributed by atoms with E-state index in [9.17, 15) is 9.59 Å². The van der Waals surface area contributed by atoms with E-state index >= 15 is 0 Å². The molecule has 2 atom stereocenters. The zero-order valence-electron chi connectivity index (χ0n) is 19.2. The molecule has 0 saturated carbocycles. The molecule has 0 aromatic heterocycles. The fraction of sp³-hybridized carbons (Fsp3) is 0.286. The monoisotopic (exact) mass is 462 g/mol. The van der Waals surface area contributed by atoms with E-state index in [2.05, 4.69) is 5.32 Å². The lowest BCUT2D eigenvalue weighted by atomic mass is 10.0. The Balaban J connectivity index is 1.96. The summed E-state index contributed by atoms with van der Waals surface area (Å²) in [5.74, 6) is -0.238. The van der Waals surface area contributed by atoms with Crippen LogP contribution in [0.25, 0.3) is 0 Å². The molecule has 3 rings (SSSR count). The molecule has 0 aliphatic rings. The lowest BCUT2D eigenvalue weighted by Gasteiger charge is -2.32. The lowest BCUT2D eigenvalue weighted by molar-refractivity contribution is -0.141. The SMILES string of the molecule is CC[C@H](C)NC(=O)[C@H](Cc1ccccc1)N(Cc1cccc(Cl)c1)C(=O)Cc1ccccc1. The van der Waals surface area contributed by atoms with Crippen molar-refractivity contribution in [2.75, 3.05) is 0 Å². The summed E-state index contributed by atoms with van der Waals surface area (Å²) in [7, 11) is 0. The van der Waals surface area contributed by atoms with Crippen LogP contribution in [0.15, 0.2) is 84.9 Å². The van der Waals surface area contributed by atoms with Gasteiger partial charge < -0.3 is 10.2 Å². The van der Waals surface area contributed by atoms with E-state index < -0.39 is 6.04 Å². The Morgan fingerprint density at radius 3 is 2.09 bits per heavy atom.